The quantitative estimate of drug-likeness (QED) is 0.141. The topological polar surface area (TPSA) is 60.6 Å². The summed E-state index contributed by atoms with van der Waals surface area (Å²) in [6, 6.07) is 19.1. The number of rotatable bonds is 3. The van der Waals surface area contributed by atoms with E-state index < -0.39 is 0 Å². The maximum Gasteiger partial charge on any atom is 0.263 e. The van der Waals surface area contributed by atoms with Gasteiger partial charge in [0.05, 0.1) is 22.1 Å². The summed E-state index contributed by atoms with van der Waals surface area (Å²) in [5, 5.41) is 6.82. The van der Waals surface area contributed by atoms with Gasteiger partial charge in [-0.1, -0.05) is 37.4 Å². The second kappa shape index (κ2) is 9.91. The molecule has 5 nitrogen and oxygen atoms in total. The van der Waals surface area contributed by atoms with Gasteiger partial charge < -0.3 is 4.40 Å². The van der Waals surface area contributed by atoms with Crippen LogP contribution in [-0.2, 0) is 0 Å². The zero-order valence-electron chi connectivity index (χ0n) is 27.9. The number of hydrogen-bond donors (Lipinski definition) is 0. The Kier molecular flexibility index (Phi) is 5.65. The molecule has 2 saturated carbocycles. The van der Waals surface area contributed by atoms with Gasteiger partial charge in [-0.2, -0.15) is 0 Å². The second-order valence-corrected chi connectivity index (χ2v) is 15.3. The summed E-state index contributed by atoms with van der Waals surface area (Å²) < 4.78 is 4.13. The van der Waals surface area contributed by atoms with Gasteiger partial charge in [0.25, 0.3) is 5.56 Å². The van der Waals surface area contributed by atoms with Gasteiger partial charge in [-0.3, -0.25) is 19.0 Å². The van der Waals surface area contributed by atoms with Crippen LogP contribution < -0.4 is 5.56 Å². The van der Waals surface area contributed by atoms with Gasteiger partial charge in [-0.05, 0) is 128 Å². The Morgan fingerprint density at radius 3 is 1.74 bits per heavy atom. The fourth-order valence-corrected chi connectivity index (χ4v) is 10.8. The van der Waals surface area contributed by atoms with Crippen molar-refractivity contribution in [3.05, 3.63) is 119 Å². The highest BCUT2D eigenvalue weighted by atomic mass is 16.1. The lowest BCUT2D eigenvalue weighted by atomic mass is 9.82. The molecule has 0 saturated heterocycles. The molecule has 4 aromatic carbocycles. The number of fused-ring (bicyclic) bond motifs is 14. The minimum Gasteiger partial charge on any atom is -0.308 e. The zero-order valence-corrected chi connectivity index (χ0v) is 27.9. The predicted octanol–water partition coefficient (Wildman–Crippen LogP) is 10.5. The molecule has 0 amide bonds. The van der Waals surface area contributed by atoms with Crippen molar-refractivity contribution in [2.75, 3.05) is 0 Å². The van der Waals surface area contributed by atoms with E-state index in [9.17, 15) is 14.4 Å². The minimum atomic E-state index is -0.107. The van der Waals surface area contributed by atoms with E-state index in [1.54, 1.807) is 12.2 Å². The van der Waals surface area contributed by atoms with E-state index >= 15 is 0 Å². The van der Waals surface area contributed by atoms with Crippen LogP contribution in [0, 0.1) is 11.8 Å². The summed E-state index contributed by atoms with van der Waals surface area (Å²) in [6.07, 6.45) is 13.2. The number of allylic oxidation sites excluding steroid dienone is 4. The average molecular weight is 653 g/mol. The highest BCUT2D eigenvalue weighted by molar-refractivity contribution is 6.34. The summed E-state index contributed by atoms with van der Waals surface area (Å²) in [5.41, 5.74) is 8.43. The van der Waals surface area contributed by atoms with Crippen molar-refractivity contribution in [2.45, 2.75) is 63.2 Å². The molecule has 0 radical (unpaired) electrons. The number of Topliss-reactive ketones (excluding diaryl/α,β-unsaturated/α-hetero) is 2. The number of hydrogen-bond acceptors (Lipinski definition) is 3. The maximum atomic E-state index is 14.6. The minimum absolute atomic E-state index is 0.0798. The van der Waals surface area contributed by atoms with Crippen molar-refractivity contribution in [3.8, 4) is 0 Å². The fourth-order valence-electron chi connectivity index (χ4n) is 10.8. The lowest BCUT2D eigenvalue weighted by Crippen LogP contribution is -2.20. The molecule has 3 heterocycles. The van der Waals surface area contributed by atoms with Crippen LogP contribution in [0.25, 0.3) is 65.5 Å². The van der Waals surface area contributed by atoms with E-state index in [2.05, 4.69) is 54.0 Å². The molecule has 244 valence electrons. The normalized spacial score (nSPS) is 23.4. The molecule has 6 aliphatic carbocycles. The molecule has 7 aromatic rings. The van der Waals surface area contributed by atoms with E-state index in [0.717, 1.165) is 122 Å². The van der Waals surface area contributed by atoms with Crippen molar-refractivity contribution in [2.24, 2.45) is 11.8 Å². The van der Waals surface area contributed by atoms with E-state index in [-0.39, 0.29) is 29.0 Å². The number of aromatic nitrogens is 2. The van der Waals surface area contributed by atoms with Gasteiger partial charge in [0.15, 0.2) is 11.6 Å². The number of carbonyl (C=O) groups is 2. The van der Waals surface area contributed by atoms with Gasteiger partial charge in [-0.25, -0.2) is 0 Å². The largest absolute Gasteiger partial charge is 0.308 e. The summed E-state index contributed by atoms with van der Waals surface area (Å²) in [4.78, 5) is 42.7. The predicted molar refractivity (Wildman–Crippen MR) is 203 cm³/mol. The Balaban J connectivity index is 1.42. The Morgan fingerprint density at radius 1 is 0.600 bits per heavy atom. The van der Waals surface area contributed by atoms with Gasteiger partial charge in [-0.15, -0.1) is 0 Å². The van der Waals surface area contributed by atoms with Crippen LogP contribution in [-0.4, -0.2) is 20.5 Å². The molecule has 2 fully saturated rings. The van der Waals surface area contributed by atoms with Gasteiger partial charge in [0, 0.05) is 61.0 Å². The molecule has 5 heteroatoms. The van der Waals surface area contributed by atoms with E-state index in [0.29, 0.717) is 22.9 Å². The molecular weight excluding hydrogens is 617 g/mol. The summed E-state index contributed by atoms with van der Waals surface area (Å²) in [7, 11) is 0. The highest BCUT2D eigenvalue weighted by Crippen LogP contribution is 2.51. The van der Waals surface area contributed by atoms with Crippen LogP contribution >= 0.6 is 0 Å². The lowest BCUT2D eigenvalue weighted by Gasteiger charge is -2.22. The number of nitrogens with zero attached hydrogens (tertiary/aromatic N) is 2. The molecule has 0 unspecified atom stereocenters. The van der Waals surface area contributed by atoms with Crippen molar-refractivity contribution in [1.29, 1.82) is 0 Å². The molecule has 50 heavy (non-hydrogen) atoms. The second-order valence-electron chi connectivity index (χ2n) is 15.3. The third kappa shape index (κ3) is 3.45. The van der Waals surface area contributed by atoms with Crippen molar-refractivity contribution < 1.29 is 9.59 Å². The zero-order chi connectivity index (χ0) is 33.6. The van der Waals surface area contributed by atoms with Crippen molar-refractivity contribution in [3.63, 3.8) is 0 Å². The van der Waals surface area contributed by atoms with E-state index in [1.807, 2.05) is 28.8 Å². The first-order valence-electron chi connectivity index (χ1n) is 18.3. The van der Waals surface area contributed by atoms with Crippen LogP contribution in [0.5, 0.6) is 0 Å². The Bertz CT molecular complexity index is 2830. The van der Waals surface area contributed by atoms with Crippen LogP contribution in [0.15, 0.2) is 90.8 Å². The molecule has 4 bridgehead atoms. The molecule has 0 aliphatic heterocycles. The van der Waals surface area contributed by atoms with Crippen molar-refractivity contribution >= 4 is 77.0 Å². The van der Waals surface area contributed by atoms with Crippen LogP contribution in [0.4, 0.5) is 0 Å². The summed E-state index contributed by atoms with van der Waals surface area (Å²) in [6.45, 7) is 8.09. The smallest absolute Gasteiger partial charge is 0.263 e. The number of carbonyl (C=O) groups excluding carboxylic acids is 2. The number of pyridine rings is 1. The molecule has 6 aliphatic rings. The first kappa shape index (κ1) is 28.5. The molecule has 3 aromatic heterocycles. The number of ketones is 2. The molecular formula is C45H36N2O3. The van der Waals surface area contributed by atoms with Gasteiger partial charge >= 0.3 is 0 Å². The van der Waals surface area contributed by atoms with Crippen LogP contribution in [0.3, 0.4) is 0 Å². The summed E-state index contributed by atoms with van der Waals surface area (Å²) >= 11 is 0. The maximum absolute atomic E-state index is 14.6. The first-order chi connectivity index (χ1) is 24.5. The third-order valence-electron chi connectivity index (χ3n) is 13.1. The molecule has 0 N–H and O–H groups in total. The van der Waals surface area contributed by atoms with Crippen LogP contribution in [0.1, 0.15) is 95.0 Å². The SMILES string of the molecule is C=C/C=C(\C=C)n1c(=O)c2ccccc2c2cc3c4cc5c(cc4n4c6cc7c(cc6c(c21)c34)C1CCC(CC1)C7=O)C(=O)C1CCC5CC1. The van der Waals surface area contributed by atoms with Crippen LogP contribution in [0.2, 0.25) is 0 Å². The Hall–Kier alpha value is -5.29. The van der Waals surface area contributed by atoms with E-state index in [1.165, 1.54) is 5.56 Å². The highest BCUT2D eigenvalue weighted by Gasteiger charge is 2.38. The fraction of sp³-hybridized carbons (Fsp3) is 0.267. The standard InChI is InChI=1S/C45H36N2O3/c1-3-7-27(4-2)46-41-33(28-8-5-6-9-29(28)45(46)50)20-34-32-18-30-23-10-14-25(15-11-23)43(48)35(30)21-38(32)47-39-22-36-31(19-37(39)40(41)42(34)47)24-12-16-26(17-13-24)44(36)49/h3-9,18-26H,1-2,10-17H2/b27-7+. The third-order valence-corrected chi connectivity index (χ3v) is 13.1. The Labute approximate surface area is 288 Å². The lowest BCUT2D eigenvalue weighted by molar-refractivity contribution is 0.0891. The monoisotopic (exact) mass is 652 g/mol. The molecule has 0 spiro atoms. The van der Waals surface area contributed by atoms with Gasteiger partial charge in [0.1, 0.15) is 0 Å². The first-order valence-corrected chi connectivity index (χ1v) is 18.3. The average Bonchev–Trinajstić information content (AvgIpc) is 3.47. The van der Waals surface area contributed by atoms with Crippen molar-refractivity contribution in [1.82, 2.24) is 8.97 Å². The van der Waals surface area contributed by atoms with E-state index in [4.69, 9.17) is 0 Å². The molecule has 0 atom stereocenters. The number of benzene rings is 4. The van der Waals surface area contributed by atoms with Gasteiger partial charge in [0.2, 0.25) is 0 Å². The summed E-state index contributed by atoms with van der Waals surface area (Å²) in [5.74, 6) is 1.45. The Morgan fingerprint density at radius 2 is 1.14 bits per heavy atom. The molecule has 13 rings (SSSR count).